The van der Waals surface area contributed by atoms with Crippen LogP contribution in [0.25, 0.3) is 0 Å². The van der Waals surface area contributed by atoms with Crippen LogP contribution in [0.1, 0.15) is 25.3 Å². The van der Waals surface area contributed by atoms with Crippen molar-refractivity contribution in [2.24, 2.45) is 11.7 Å². The lowest BCUT2D eigenvalue weighted by Gasteiger charge is -2.16. The van der Waals surface area contributed by atoms with Crippen molar-refractivity contribution in [3.63, 3.8) is 0 Å². The molecule has 1 aromatic rings. The summed E-state index contributed by atoms with van der Waals surface area (Å²) in [6, 6.07) is 3.81. The van der Waals surface area contributed by atoms with Gasteiger partial charge in [-0.05, 0) is 23.6 Å². The number of carbonyl (C=O) groups excluding carboxylic acids is 1. The van der Waals surface area contributed by atoms with Gasteiger partial charge in [0.2, 0.25) is 5.91 Å². The molecule has 2 unspecified atom stereocenters. The van der Waals surface area contributed by atoms with E-state index in [0.29, 0.717) is 0 Å². The molecule has 2 N–H and O–H groups in total. The second kappa shape index (κ2) is 4.03. The van der Waals surface area contributed by atoms with Crippen molar-refractivity contribution in [3.8, 4) is 0 Å². The number of amides is 1. The average molecular weight is 178 g/mol. The van der Waals surface area contributed by atoms with Crippen LogP contribution in [0.3, 0.4) is 0 Å². The van der Waals surface area contributed by atoms with E-state index in [1.54, 1.807) is 12.4 Å². The fraction of sp³-hybridized carbons (Fsp3) is 0.400. The van der Waals surface area contributed by atoms with Crippen molar-refractivity contribution < 1.29 is 4.79 Å². The summed E-state index contributed by atoms with van der Waals surface area (Å²) < 4.78 is 0. The molecule has 0 aromatic carbocycles. The SMILES string of the molecule is CC(C(N)=O)C(C)c1ccncc1. The van der Waals surface area contributed by atoms with Crippen LogP contribution >= 0.6 is 0 Å². The quantitative estimate of drug-likeness (QED) is 0.758. The number of rotatable bonds is 3. The van der Waals surface area contributed by atoms with Gasteiger partial charge in [0, 0.05) is 18.3 Å². The number of aromatic nitrogens is 1. The normalized spacial score (nSPS) is 14.9. The van der Waals surface area contributed by atoms with E-state index in [-0.39, 0.29) is 17.7 Å². The minimum atomic E-state index is -0.260. The van der Waals surface area contributed by atoms with Crippen molar-refractivity contribution >= 4 is 5.91 Å². The first-order valence-corrected chi connectivity index (χ1v) is 4.32. The minimum Gasteiger partial charge on any atom is -0.369 e. The number of pyridine rings is 1. The third-order valence-electron chi connectivity index (χ3n) is 2.43. The van der Waals surface area contributed by atoms with Gasteiger partial charge in [0.25, 0.3) is 0 Å². The van der Waals surface area contributed by atoms with Crippen molar-refractivity contribution in [1.82, 2.24) is 4.98 Å². The van der Waals surface area contributed by atoms with E-state index in [1.807, 2.05) is 26.0 Å². The highest BCUT2D eigenvalue weighted by Crippen LogP contribution is 2.22. The molecule has 1 aromatic heterocycles. The van der Waals surface area contributed by atoms with Crippen LogP contribution in [0.4, 0.5) is 0 Å². The van der Waals surface area contributed by atoms with Crippen molar-refractivity contribution in [2.45, 2.75) is 19.8 Å². The topological polar surface area (TPSA) is 56.0 Å². The summed E-state index contributed by atoms with van der Waals surface area (Å²) in [5.41, 5.74) is 6.32. The zero-order valence-corrected chi connectivity index (χ0v) is 7.90. The van der Waals surface area contributed by atoms with Gasteiger partial charge < -0.3 is 5.73 Å². The Bertz CT molecular complexity index is 284. The summed E-state index contributed by atoms with van der Waals surface area (Å²) in [4.78, 5) is 14.8. The number of hydrogen-bond acceptors (Lipinski definition) is 2. The van der Waals surface area contributed by atoms with Gasteiger partial charge >= 0.3 is 0 Å². The first-order valence-electron chi connectivity index (χ1n) is 4.32. The molecule has 0 spiro atoms. The van der Waals surface area contributed by atoms with E-state index in [4.69, 9.17) is 5.73 Å². The van der Waals surface area contributed by atoms with Crippen LogP contribution in [0.15, 0.2) is 24.5 Å². The smallest absolute Gasteiger partial charge is 0.220 e. The largest absolute Gasteiger partial charge is 0.369 e. The van der Waals surface area contributed by atoms with Gasteiger partial charge in [0.05, 0.1) is 0 Å². The number of primary amides is 1. The first-order chi connectivity index (χ1) is 6.13. The molecule has 0 saturated carbocycles. The Balaban J connectivity index is 2.79. The van der Waals surface area contributed by atoms with Gasteiger partial charge in [-0.2, -0.15) is 0 Å². The molecular formula is C10H14N2O. The van der Waals surface area contributed by atoms with Crippen molar-refractivity contribution in [3.05, 3.63) is 30.1 Å². The molecule has 0 aliphatic heterocycles. The molecular weight excluding hydrogens is 164 g/mol. The second-order valence-electron chi connectivity index (χ2n) is 3.26. The Hall–Kier alpha value is -1.38. The van der Waals surface area contributed by atoms with Crippen LogP contribution < -0.4 is 5.73 Å². The Kier molecular flexibility index (Phi) is 3.01. The summed E-state index contributed by atoms with van der Waals surface area (Å²) >= 11 is 0. The van der Waals surface area contributed by atoms with Crippen LogP contribution in [0, 0.1) is 5.92 Å². The molecule has 0 aliphatic rings. The molecule has 1 heterocycles. The third kappa shape index (κ3) is 2.28. The van der Waals surface area contributed by atoms with E-state index < -0.39 is 0 Å². The Morgan fingerprint density at radius 3 is 2.38 bits per heavy atom. The summed E-state index contributed by atoms with van der Waals surface area (Å²) in [5.74, 6) is -0.243. The predicted molar refractivity (Wildman–Crippen MR) is 51.0 cm³/mol. The molecule has 0 bridgehead atoms. The number of carbonyl (C=O) groups is 1. The molecule has 2 atom stereocenters. The molecule has 13 heavy (non-hydrogen) atoms. The van der Waals surface area contributed by atoms with Crippen LogP contribution in [-0.4, -0.2) is 10.9 Å². The monoisotopic (exact) mass is 178 g/mol. The molecule has 0 aliphatic carbocycles. The zero-order chi connectivity index (χ0) is 9.84. The average Bonchev–Trinajstić information content (AvgIpc) is 2.17. The van der Waals surface area contributed by atoms with Crippen molar-refractivity contribution in [1.29, 1.82) is 0 Å². The lowest BCUT2D eigenvalue weighted by atomic mass is 9.89. The number of hydrogen-bond donors (Lipinski definition) is 1. The highest BCUT2D eigenvalue weighted by Gasteiger charge is 2.18. The molecule has 1 amide bonds. The first kappa shape index (κ1) is 9.71. The summed E-state index contributed by atoms with van der Waals surface area (Å²) in [6.45, 7) is 3.83. The van der Waals surface area contributed by atoms with Gasteiger partial charge in [-0.25, -0.2) is 0 Å². The summed E-state index contributed by atoms with van der Waals surface area (Å²) in [5, 5.41) is 0. The van der Waals surface area contributed by atoms with E-state index >= 15 is 0 Å². The van der Waals surface area contributed by atoms with E-state index in [9.17, 15) is 4.79 Å². The predicted octanol–water partition coefficient (Wildman–Crippen LogP) is 1.31. The maximum Gasteiger partial charge on any atom is 0.220 e. The summed E-state index contributed by atoms with van der Waals surface area (Å²) in [7, 11) is 0. The lowest BCUT2D eigenvalue weighted by molar-refractivity contribution is -0.121. The maximum atomic E-state index is 10.9. The summed E-state index contributed by atoms with van der Waals surface area (Å²) in [6.07, 6.45) is 3.44. The fourth-order valence-electron chi connectivity index (χ4n) is 1.20. The van der Waals surface area contributed by atoms with E-state index in [1.165, 1.54) is 0 Å². The Morgan fingerprint density at radius 2 is 1.92 bits per heavy atom. The van der Waals surface area contributed by atoms with Gasteiger partial charge in [0.1, 0.15) is 0 Å². The van der Waals surface area contributed by atoms with Crippen LogP contribution in [0.2, 0.25) is 0 Å². The highest BCUT2D eigenvalue weighted by molar-refractivity contribution is 5.77. The standard InChI is InChI=1S/C10H14N2O/c1-7(8(2)10(11)13)9-3-5-12-6-4-9/h3-8H,1-2H3,(H2,11,13). The van der Waals surface area contributed by atoms with Crippen LogP contribution in [-0.2, 0) is 4.79 Å². The van der Waals surface area contributed by atoms with Gasteiger partial charge in [-0.1, -0.05) is 13.8 Å². The molecule has 3 nitrogen and oxygen atoms in total. The zero-order valence-electron chi connectivity index (χ0n) is 7.90. The van der Waals surface area contributed by atoms with Crippen molar-refractivity contribution in [2.75, 3.05) is 0 Å². The van der Waals surface area contributed by atoms with Gasteiger partial charge in [-0.15, -0.1) is 0 Å². The maximum absolute atomic E-state index is 10.9. The molecule has 3 heteroatoms. The molecule has 0 fully saturated rings. The Labute approximate surface area is 78.0 Å². The fourth-order valence-corrected chi connectivity index (χ4v) is 1.20. The Morgan fingerprint density at radius 1 is 1.38 bits per heavy atom. The third-order valence-corrected chi connectivity index (χ3v) is 2.43. The molecule has 0 saturated heterocycles. The van der Waals surface area contributed by atoms with E-state index in [0.717, 1.165) is 5.56 Å². The number of nitrogens with two attached hydrogens (primary N) is 1. The lowest BCUT2D eigenvalue weighted by Crippen LogP contribution is -2.24. The number of nitrogens with zero attached hydrogens (tertiary/aromatic N) is 1. The second-order valence-corrected chi connectivity index (χ2v) is 3.26. The minimum absolute atomic E-state index is 0.137. The molecule has 1 rings (SSSR count). The van der Waals surface area contributed by atoms with E-state index in [2.05, 4.69) is 4.98 Å². The molecule has 0 radical (unpaired) electrons. The van der Waals surface area contributed by atoms with Gasteiger partial charge in [0.15, 0.2) is 0 Å². The van der Waals surface area contributed by atoms with Crippen LogP contribution in [0.5, 0.6) is 0 Å². The van der Waals surface area contributed by atoms with Gasteiger partial charge in [-0.3, -0.25) is 9.78 Å². The molecule has 70 valence electrons. The highest BCUT2D eigenvalue weighted by atomic mass is 16.1.